The van der Waals surface area contributed by atoms with Gasteiger partial charge in [0, 0.05) is 12.3 Å². The van der Waals surface area contributed by atoms with Crippen LogP contribution in [0.1, 0.15) is 22.3 Å². The molecule has 0 aliphatic carbocycles. The van der Waals surface area contributed by atoms with E-state index in [9.17, 15) is 0 Å². The molecule has 0 saturated heterocycles. The molecule has 94 valence electrons. The third kappa shape index (κ3) is 3.05. The van der Waals surface area contributed by atoms with E-state index in [1.807, 2.05) is 6.07 Å². The maximum absolute atomic E-state index is 5.83. The van der Waals surface area contributed by atoms with Crippen LogP contribution in [0.2, 0.25) is 0 Å². The van der Waals surface area contributed by atoms with Gasteiger partial charge in [0.2, 0.25) is 0 Å². The molecule has 2 heteroatoms. The molecule has 0 fully saturated rings. The van der Waals surface area contributed by atoms with Crippen LogP contribution in [0.15, 0.2) is 42.5 Å². The van der Waals surface area contributed by atoms with E-state index >= 15 is 0 Å². The summed E-state index contributed by atoms with van der Waals surface area (Å²) in [6, 6.07) is 14.7. The van der Waals surface area contributed by atoms with Crippen LogP contribution in [0, 0.1) is 6.92 Å². The van der Waals surface area contributed by atoms with Crippen molar-refractivity contribution in [3.8, 4) is 5.75 Å². The van der Waals surface area contributed by atoms with Gasteiger partial charge in [-0.2, -0.15) is 0 Å². The van der Waals surface area contributed by atoms with E-state index in [0.717, 1.165) is 17.7 Å². The fourth-order valence-electron chi connectivity index (χ4n) is 1.94. The first-order valence-electron chi connectivity index (χ1n) is 6.00. The third-order valence-electron chi connectivity index (χ3n) is 3.02. The molecule has 0 radical (unpaired) electrons. The summed E-state index contributed by atoms with van der Waals surface area (Å²) in [5.41, 5.74) is 4.84. The van der Waals surface area contributed by atoms with Crippen molar-refractivity contribution in [2.45, 2.75) is 19.2 Å². The van der Waals surface area contributed by atoms with Crippen LogP contribution in [0.3, 0.4) is 0 Å². The van der Waals surface area contributed by atoms with Gasteiger partial charge in [0.1, 0.15) is 5.75 Å². The lowest BCUT2D eigenvalue weighted by molar-refractivity contribution is 0.410. The van der Waals surface area contributed by atoms with E-state index in [-0.39, 0.29) is 0 Å². The van der Waals surface area contributed by atoms with Gasteiger partial charge in [0.25, 0.3) is 0 Å². The molecule has 2 aromatic rings. The highest BCUT2D eigenvalue weighted by Crippen LogP contribution is 2.24. The SMILES string of the molecule is COc1cc(CCl)ccc1Cc1ccc(C)cc1. The standard InChI is InChI=1S/C16H17ClO/c1-12-3-5-13(6-4-12)9-15-8-7-14(11-17)10-16(15)18-2/h3-8,10H,9,11H2,1-2H3. The van der Waals surface area contributed by atoms with Gasteiger partial charge in [-0.15, -0.1) is 11.6 Å². The van der Waals surface area contributed by atoms with Gasteiger partial charge in [0.15, 0.2) is 0 Å². The van der Waals surface area contributed by atoms with Crippen LogP contribution in [0.5, 0.6) is 5.75 Å². The molecule has 18 heavy (non-hydrogen) atoms. The zero-order chi connectivity index (χ0) is 13.0. The third-order valence-corrected chi connectivity index (χ3v) is 3.33. The van der Waals surface area contributed by atoms with E-state index < -0.39 is 0 Å². The zero-order valence-corrected chi connectivity index (χ0v) is 11.5. The average Bonchev–Trinajstić information content (AvgIpc) is 2.41. The van der Waals surface area contributed by atoms with Gasteiger partial charge in [-0.3, -0.25) is 0 Å². The summed E-state index contributed by atoms with van der Waals surface area (Å²) < 4.78 is 5.43. The van der Waals surface area contributed by atoms with E-state index in [4.69, 9.17) is 16.3 Å². The number of aryl methyl sites for hydroxylation is 1. The predicted octanol–water partition coefficient (Wildman–Crippen LogP) is 4.33. The Bertz CT molecular complexity index is 517. The van der Waals surface area contributed by atoms with E-state index in [1.165, 1.54) is 16.7 Å². The predicted molar refractivity (Wildman–Crippen MR) is 76.5 cm³/mol. The van der Waals surface area contributed by atoms with Gasteiger partial charge in [-0.05, 0) is 29.7 Å². The summed E-state index contributed by atoms with van der Waals surface area (Å²) in [5, 5.41) is 0. The minimum atomic E-state index is 0.515. The summed E-state index contributed by atoms with van der Waals surface area (Å²) in [7, 11) is 1.70. The smallest absolute Gasteiger partial charge is 0.122 e. The lowest BCUT2D eigenvalue weighted by Crippen LogP contribution is -1.95. The molecule has 0 aromatic heterocycles. The molecule has 0 N–H and O–H groups in total. The molecule has 0 atom stereocenters. The number of hydrogen-bond donors (Lipinski definition) is 0. The lowest BCUT2D eigenvalue weighted by atomic mass is 10.0. The number of methoxy groups -OCH3 is 1. The van der Waals surface area contributed by atoms with Crippen molar-refractivity contribution >= 4 is 11.6 Å². The fourth-order valence-corrected chi connectivity index (χ4v) is 2.11. The first-order valence-corrected chi connectivity index (χ1v) is 6.53. The number of alkyl halides is 1. The van der Waals surface area contributed by atoms with Gasteiger partial charge in [-0.1, -0.05) is 42.0 Å². The lowest BCUT2D eigenvalue weighted by Gasteiger charge is -2.10. The zero-order valence-electron chi connectivity index (χ0n) is 10.7. The van der Waals surface area contributed by atoms with Gasteiger partial charge in [-0.25, -0.2) is 0 Å². The average molecular weight is 261 g/mol. The molecule has 0 aliphatic rings. The highest BCUT2D eigenvalue weighted by molar-refractivity contribution is 6.17. The summed E-state index contributed by atoms with van der Waals surface area (Å²) in [6.07, 6.45) is 0.881. The summed E-state index contributed by atoms with van der Waals surface area (Å²) in [6.45, 7) is 2.10. The maximum atomic E-state index is 5.83. The van der Waals surface area contributed by atoms with Gasteiger partial charge in [0.05, 0.1) is 7.11 Å². The van der Waals surface area contributed by atoms with Crippen LogP contribution < -0.4 is 4.74 Å². The number of halogens is 1. The molecule has 0 saturated carbocycles. The van der Waals surface area contributed by atoms with Gasteiger partial charge < -0.3 is 4.74 Å². The molecular weight excluding hydrogens is 244 g/mol. The van der Waals surface area contributed by atoms with Crippen LogP contribution in [0.25, 0.3) is 0 Å². The quantitative estimate of drug-likeness (QED) is 0.744. The number of ether oxygens (including phenoxy) is 1. The Hall–Kier alpha value is -1.47. The molecule has 1 nitrogen and oxygen atoms in total. The fraction of sp³-hybridized carbons (Fsp3) is 0.250. The highest BCUT2D eigenvalue weighted by Gasteiger charge is 2.05. The number of benzene rings is 2. The Morgan fingerprint density at radius 2 is 1.67 bits per heavy atom. The van der Waals surface area contributed by atoms with Crippen LogP contribution in [-0.4, -0.2) is 7.11 Å². The highest BCUT2D eigenvalue weighted by atomic mass is 35.5. The van der Waals surface area contributed by atoms with Crippen molar-refractivity contribution in [3.63, 3.8) is 0 Å². The van der Waals surface area contributed by atoms with E-state index in [0.29, 0.717) is 5.88 Å². The van der Waals surface area contributed by atoms with Crippen LogP contribution >= 0.6 is 11.6 Å². The molecule has 2 rings (SSSR count). The first-order chi connectivity index (χ1) is 8.72. The van der Waals surface area contributed by atoms with Crippen molar-refractivity contribution in [1.82, 2.24) is 0 Å². The Morgan fingerprint density at radius 1 is 1.00 bits per heavy atom. The minimum Gasteiger partial charge on any atom is -0.496 e. The van der Waals surface area contributed by atoms with E-state index in [2.05, 4.69) is 43.3 Å². The van der Waals surface area contributed by atoms with E-state index in [1.54, 1.807) is 7.11 Å². The summed E-state index contributed by atoms with van der Waals surface area (Å²) in [4.78, 5) is 0. The number of rotatable bonds is 4. The van der Waals surface area contributed by atoms with Crippen molar-refractivity contribution in [3.05, 3.63) is 64.7 Å². The molecule has 0 amide bonds. The van der Waals surface area contributed by atoms with Crippen molar-refractivity contribution in [2.24, 2.45) is 0 Å². The summed E-state index contributed by atoms with van der Waals surface area (Å²) >= 11 is 5.83. The second kappa shape index (κ2) is 5.92. The molecule has 2 aromatic carbocycles. The first kappa shape index (κ1) is 13.0. The second-order valence-corrected chi connectivity index (χ2v) is 4.71. The maximum Gasteiger partial charge on any atom is 0.122 e. The Kier molecular flexibility index (Phi) is 4.27. The Morgan fingerprint density at radius 3 is 2.28 bits per heavy atom. The molecule has 0 heterocycles. The monoisotopic (exact) mass is 260 g/mol. The molecule has 0 aliphatic heterocycles. The minimum absolute atomic E-state index is 0.515. The van der Waals surface area contributed by atoms with Crippen molar-refractivity contribution < 1.29 is 4.74 Å². The Balaban J connectivity index is 2.25. The molecular formula is C16H17ClO. The topological polar surface area (TPSA) is 9.23 Å². The molecule has 0 unspecified atom stereocenters. The van der Waals surface area contributed by atoms with Crippen molar-refractivity contribution in [1.29, 1.82) is 0 Å². The number of hydrogen-bond acceptors (Lipinski definition) is 1. The molecule has 0 bridgehead atoms. The van der Waals surface area contributed by atoms with Crippen LogP contribution in [-0.2, 0) is 12.3 Å². The van der Waals surface area contributed by atoms with Gasteiger partial charge >= 0.3 is 0 Å². The second-order valence-electron chi connectivity index (χ2n) is 4.44. The summed E-state index contributed by atoms with van der Waals surface area (Å²) in [5.74, 6) is 1.43. The normalized spacial score (nSPS) is 10.4. The van der Waals surface area contributed by atoms with Crippen LogP contribution in [0.4, 0.5) is 0 Å². The van der Waals surface area contributed by atoms with Crippen molar-refractivity contribution in [2.75, 3.05) is 7.11 Å². The molecule has 0 spiro atoms. The largest absolute Gasteiger partial charge is 0.496 e. The Labute approximate surface area is 113 Å².